The van der Waals surface area contributed by atoms with Gasteiger partial charge in [0.1, 0.15) is 0 Å². The SMILES string of the molecule is Cc1cc(NC(=O)NC2CNC(=O)C2)cc(C(=O)O)c1C. The lowest BCUT2D eigenvalue weighted by atomic mass is 10.0. The number of rotatable bonds is 3. The molecule has 7 heteroatoms. The van der Waals surface area contributed by atoms with Crippen molar-refractivity contribution in [2.45, 2.75) is 26.3 Å². The van der Waals surface area contributed by atoms with Crippen molar-refractivity contribution >= 4 is 23.6 Å². The lowest BCUT2D eigenvalue weighted by Crippen LogP contribution is -2.39. The Balaban J connectivity index is 2.07. The molecule has 0 spiro atoms. The predicted molar refractivity (Wildman–Crippen MR) is 76.4 cm³/mol. The minimum atomic E-state index is -1.04. The number of amides is 3. The van der Waals surface area contributed by atoms with Gasteiger partial charge in [0.05, 0.1) is 11.6 Å². The Morgan fingerprint density at radius 2 is 2.05 bits per heavy atom. The molecule has 0 radical (unpaired) electrons. The zero-order chi connectivity index (χ0) is 15.6. The molecule has 1 atom stereocenters. The molecule has 1 unspecified atom stereocenters. The molecule has 0 saturated carbocycles. The third-order valence-corrected chi connectivity index (χ3v) is 3.47. The maximum absolute atomic E-state index is 11.8. The van der Waals surface area contributed by atoms with Gasteiger partial charge in [-0.3, -0.25) is 4.79 Å². The van der Waals surface area contributed by atoms with Gasteiger partial charge in [-0.2, -0.15) is 0 Å². The number of carbonyl (C=O) groups excluding carboxylic acids is 2. The first-order valence-electron chi connectivity index (χ1n) is 6.55. The topological polar surface area (TPSA) is 108 Å². The van der Waals surface area contributed by atoms with Gasteiger partial charge in [0.15, 0.2) is 0 Å². The smallest absolute Gasteiger partial charge is 0.336 e. The summed E-state index contributed by atoms with van der Waals surface area (Å²) in [5.41, 5.74) is 2.01. The number of carbonyl (C=O) groups is 3. The molecule has 21 heavy (non-hydrogen) atoms. The number of benzene rings is 1. The van der Waals surface area contributed by atoms with Crippen LogP contribution in [0.25, 0.3) is 0 Å². The molecule has 1 aromatic rings. The van der Waals surface area contributed by atoms with Crippen LogP contribution in [0.15, 0.2) is 12.1 Å². The summed E-state index contributed by atoms with van der Waals surface area (Å²) in [7, 11) is 0. The lowest BCUT2D eigenvalue weighted by Gasteiger charge is -2.14. The lowest BCUT2D eigenvalue weighted by molar-refractivity contribution is -0.119. The van der Waals surface area contributed by atoms with Gasteiger partial charge in [0.2, 0.25) is 5.91 Å². The third-order valence-electron chi connectivity index (χ3n) is 3.47. The molecule has 0 aliphatic carbocycles. The molecule has 112 valence electrons. The highest BCUT2D eigenvalue weighted by atomic mass is 16.4. The largest absolute Gasteiger partial charge is 0.478 e. The molecular weight excluding hydrogens is 274 g/mol. The highest BCUT2D eigenvalue weighted by Crippen LogP contribution is 2.20. The van der Waals surface area contributed by atoms with E-state index in [9.17, 15) is 14.4 Å². The number of aryl methyl sites for hydroxylation is 1. The molecule has 0 aromatic heterocycles. The molecule has 1 heterocycles. The molecule has 1 aromatic carbocycles. The van der Waals surface area contributed by atoms with E-state index >= 15 is 0 Å². The van der Waals surface area contributed by atoms with Crippen molar-refractivity contribution in [3.05, 3.63) is 28.8 Å². The van der Waals surface area contributed by atoms with Gasteiger partial charge < -0.3 is 21.1 Å². The van der Waals surface area contributed by atoms with Crippen LogP contribution in [-0.4, -0.2) is 35.6 Å². The van der Waals surface area contributed by atoms with Crippen molar-refractivity contribution < 1.29 is 19.5 Å². The summed E-state index contributed by atoms with van der Waals surface area (Å²) in [6, 6.07) is 2.42. The van der Waals surface area contributed by atoms with Gasteiger partial charge in [-0.1, -0.05) is 0 Å². The van der Waals surface area contributed by atoms with E-state index in [1.807, 2.05) is 0 Å². The molecular formula is C14H17N3O4. The summed E-state index contributed by atoms with van der Waals surface area (Å²) in [5.74, 6) is -1.13. The van der Waals surface area contributed by atoms with Gasteiger partial charge >= 0.3 is 12.0 Å². The Bertz CT molecular complexity index is 612. The number of aromatic carboxylic acids is 1. The first-order chi connectivity index (χ1) is 9.86. The van der Waals surface area contributed by atoms with Crippen LogP contribution in [0, 0.1) is 13.8 Å². The van der Waals surface area contributed by atoms with Crippen LogP contribution >= 0.6 is 0 Å². The van der Waals surface area contributed by atoms with Crippen molar-refractivity contribution in [1.82, 2.24) is 10.6 Å². The summed E-state index contributed by atoms with van der Waals surface area (Å²) < 4.78 is 0. The normalized spacial score (nSPS) is 17.2. The number of nitrogens with one attached hydrogen (secondary N) is 3. The number of hydrogen-bond acceptors (Lipinski definition) is 3. The molecule has 1 fully saturated rings. The quantitative estimate of drug-likeness (QED) is 0.666. The van der Waals surface area contributed by atoms with Gasteiger partial charge in [-0.25, -0.2) is 9.59 Å². The number of carboxylic acid groups (broad SMARTS) is 1. The number of carboxylic acids is 1. The summed E-state index contributed by atoms with van der Waals surface area (Å²) in [6.45, 7) is 3.91. The highest BCUT2D eigenvalue weighted by Gasteiger charge is 2.23. The summed E-state index contributed by atoms with van der Waals surface area (Å²) in [5, 5.41) is 17.0. The van der Waals surface area contributed by atoms with E-state index in [2.05, 4.69) is 16.0 Å². The fourth-order valence-corrected chi connectivity index (χ4v) is 2.21. The number of anilines is 1. The van der Waals surface area contributed by atoms with Crippen LogP contribution in [0.5, 0.6) is 0 Å². The Morgan fingerprint density at radius 1 is 1.33 bits per heavy atom. The average molecular weight is 291 g/mol. The van der Waals surface area contributed by atoms with E-state index in [-0.39, 0.29) is 23.9 Å². The van der Waals surface area contributed by atoms with E-state index in [1.165, 1.54) is 6.07 Å². The van der Waals surface area contributed by atoms with E-state index in [0.717, 1.165) is 5.56 Å². The van der Waals surface area contributed by atoms with Gasteiger partial charge in [-0.15, -0.1) is 0 Å². The van der Waals surface area contributed by atoms with E-state index < -0.39 is 12.0 Å². The summed E-state index contributed by atoms with van der Waals surface area (Å²) >= 11 is 0. The fraction of sp³-hybridized carbons (Fsp3) is 0.357. The molecule has 7 nitrogen and oxygen atoms in total. The van der Waals surface area contributed by atoms with Crippen molar-refractivity contribution in [1.29, 1.82) is 0 Å². The minimum absolute atomic E-state index is 0.0976. The van der Waals surface area contributed by atoms with E-state index in [0.29, 0.717) is 17.8 Å². The second-order valence-corrected chi connectivity index (χ2v) is 5.07. The number of urea groups is 1. The third kappa shape index (κ3) is 3.50. The van der Waals surface area contributed by atoms with E-state index in [1.54, 1.807) is 19.9 Å². The van der Waals surface area contributed by atoms with Crippen LogP contribution in [0.2, 0.25) is 0 Å². The Morgan fingerprint density at radius 3 is 2.62 bits per heavy atom. The van der Waals surface area contributed by atoms with Crippen LogP contribution in [-0.2, 0) is 4.79 Å². The second-order valence-electron chi connectivity index (χ2n) is 5.07. The zero-order valence-electron chi connectivity index (χ0n) is 11.8. The van der Waals surface area contributed by atoms with Crippen molar-refractivity contribution in [2.75, 3.05) is 11.9 Å². The first kappa shape index (κ1) is 14.8. The Kier molecular flexibility index (Phi) is 4.11. The summed E-state index contributed by atoms with van der Waals surface area (Å²) in [6.07, 6.45) is 0.251. The zero-order valence-corrected chi connectivity index (χ0v) is 11.8. The highest BCUT2D eigenvalue weighted by molar-refractivity contribution is 5.95. The fourth-order valence-electron chi connectivity index (χ4n) is 2.21. The van der Waals surface area contributed by atoms with E-state index in [4.69, 9.17) is 5.11 Å². The molecule has 3 amide bonds. The minimum Gasteiger partial charge on any atom is -0.478 e. The first-order valence-corrected chi connectivity index (χ1v) is 6.55. The van der Waals surface area contributed by atoms with Gasteiger partial charge in [0, 0.05) is 18.7 Å². The average Bonchev–Trinajstić information content (AvgIpc) is 2.78. The Labute approximate surface area is 121 Å². The second kappa shape index (κ2) is 5.82. The maximum atomic E-state index is 11.8. The van der Waals surface area contributed by atoms with Gasteiger partial charge in [0.25, 0.3) is 0 Å². The molecule has 0 bridgehead atoms. The standard InChI is InChI=1S/C14H17N3O4/c1-7-3-9(4-11(8(7)2)13(19)20)16-14(21)17-10-5-12(18)15-6-10/h3-4,10H,5-6H2,1-2H3,(H,15,18)(H,19,20)(H2,16,17,21). The molecule has 1 saturated heterocycles. The van der Waals surface area contributed by atoms with Crippen LogP contribution in [0.3, 0.4) is 0 Å². The van der Waals surface area contributed by atoms with Crippen molar-refractivity contribution in [3.63, 3.8) is 0 Å². The van der Waals surface area contributed by atoms with Crippen molar-refractivity contribution in [2.24, 2.45) is 0 Å². The number of hydrogen-bond donors (Lipinski definition) is 4. The van der Waals surface area contributed by atoms with Gasteiger partial charge in [-0.05, 0) is 37.1 Å². The van der Waals surface area contributed by atoms with Crippen LogP contribution < -0.4 is 16.0 Å². The molecule has 2 rings (SSSR count). The van der Waals surface area contributed by atoms with Crippen LogP contribution in [0.1, 0.15) is 27.9 Å². The van der Waals surface area contributed by atoms with Crippen molar-refractivity contribution in [3.8, 4) is 0 Å². The molecule has 1 aliphatic heterocycles. The summed E-state index contributed by atoms with van der Waals surface area (Å²) in [4.78, 5) is 34.0. The Hall–Kier alpha value is -2.57. The predicted octanol–water partition coefficient (Wildman–Crippen LogP) is 1.01. The maximum Gasteiger partial charge on any atom is 0.336 e. The van der Waals surface area contributed by atoms with Crippen LogP contribution in [0.4, 0.5) is 10.5 Å². The molecule has 1 aliphatic rings. The molecule has 4 N–H and O–H groups in total. The monoisotopic (exact) mass is 291 g/mol.